The lowest BCUT2D eigenvalue weighted by molar-refractivity contribution is 0.796. The van der Waals surface area contributed by atoms with Crippen molar-refractivity contribution in [1.29, 1.82) is 0 Å². The van der Waals surface area contributed by atoms with Crippen molar-refractivity contribution in [2.24, 2.45) is 0 Å². The van der Waals surface area contributed by atoms with Gasteiger partial charge in [-0.3, -0.25) is 0 Å². The minimum atomic E-state index is 1.22. The van der Waals surface area contributed by atoms with Gasteiger partial charge in [0.15, 0.2) is 0 Å². The van der Waals surface area contributed by atoms with E-state index in [-0.39, 0.29) is 0 Å². The molecule has 0 saturated heterocycles. The average molecular weight is 305 g/mol. The van der Waals surface area contributed by atoms with E-state index < -0.39 is 0 Å². The highest BCUT2D eigenvalue weighted by molar-refractivity contribution is 7.12. The van der Waals surface area contributed by atoms with Crippen molar-refractivity contribution in [2.45, 2.75) is 52.4 Å². The molecule has 108 valence electrons. The van der Waals surface area contributed by atoms with E-state index in [2.05, 4.69) is 48.9 Å². The summed E-state index contributed by atoms with van der Waals surface area (Å²) in [6, 6.07) is 4.57. The largest absolute Gasteiger partial charge is 0.144 e. The van der Waals surface area contributed by atoms with Crippen LogP contribution in [0, 0.1) is 0 Å². The lowest BCUT2D eigenvalue weighted by Gasteiger charge is -2.00. The van der Waals surface area contributed by atoms with E-state index in [0.29, 0.717) is 0 Å². The summed E-state index contributed by atoms with van der Waals surface area (Å²) in [5.74, 6) is 0. The van der Waals surface area contributed by atoms with Gasteiger partial charge in [0.2, 0.25) is 0 Å². The van der Waals surface area contributed by atoms with Crippen LogP contribution in [0.4, 0.5) is 0 Å². The summed E-state index contributed by atoms with van der Waals surface area (Å²) in [4.78, 5) is 2.88. The van der Waals surface area contributed by atoms with Gasteiger partial charge in [0.25, 0.3) is 0 Å². The first-order chi connectivity index (χ1) is 9.85. The van der Waals surface area contributed by atoms with Gasteiger partial charge in [-0.2, -0.15) is 0 Å². The quantitative estimate of drug-likeness (QED) is 0.511. The van der Waals surface area contributed by atoms with Crippen LogP contribution in [0.2, 0.25) is 0 Å². The Balaban J connectivity index is 2.05. The van der Waals surface area contributed by atoms with Gasteiger partial charge < -0.3 is 0 Å². The summed E-state index contributed by atoms with van der Waals surface area (Å²) < 4.78 is 0. The molecule has 0 radical (unpaired) electrons. The third-order valence-electron chi connectivity index (χ3n) is 3.55. The molecule has 0 fully saturated rings. The molecule has 0 bridgehead atoms. The summed E-state index contributed by atoms with van der Waals surface area (Å²) >= 11 is 3.73. The fourth-order valence-corrected chi connectivity index (χ4v) is 3.98. The van der Waals surface area contributed by atoms with Gasteiger partial charge in [0, 0.05) is 9.75 Å². The standard InChI is InChI=1S/C18H24S2/c1-3-5-7-15-11-13-19-17(15)9-10-18-16(8-6-4-2)12-14-20-18/h9-14H,3-8H2,1-2H3/b10-9+. The predicted molar refractivity (Wildman–Crippen MR) is 94.8 cm³/mol. The second-order valence-electron chi connectivity index (χ2n) is 5.16. The van der Waals surface area contributed by atoms with Crippen molar-refractivity contribution in [1.82, 2.24) is 0 Å². The third-order valence-corrected chi connectivity index (χ3v) is 5.40. The summed E-state index contributed by atoms with van der Waals surface area (Å²) in [6.07, 6.45) is 12.2. The van der Waals surface area contributed by atoms with Gasteiger partial charge in [-0.15, -0.1) is 22.7 Å². The van der Waals surface area contributed by atoms with Crippen molar-refractivity contribution in [3.8, 4) is 0 Å². The molecule has 0 atom stereocenters. The zero-order valence-corrected chi connectivity index (χ0v) is 14.2. The maximum Gasteiger partial charge on any atom is 0.0302 e. The molecule has 0 aliphatic heterocycles. The van der Waals surface area contributed by atoms with Gasteiger partial charge in [-0.05, 0) is 71.9 Å². The van der Waals surface area contributed by atoms with E-state index in [0.717, 1.165) is 0 Å². The number of thiophene rings is 2. The van der Waals surface area contributed by atoms with Crippen LogP contribution in [0.3, 0.4) is 0 Å². The first-order valence-corrected chi connectivity index (χ1v) is 9.41. The molecule has 0 nitrogen and oxygen atoms in total. The van der Waals surface area contributed by atoms with Crippen LogP contribution in [-0.4, -0.2) is 0 Å². The highest BCUT2D eigenvalue weighted by Crippen LogP contribution is 2.25. The molecule has 2 rings (SSSR count). The van der Waals surface area contributed by atoms with Gasteiger partial charge >= 0.3 is 0 Å². The average Bonchev–Trinajstić information content (AvgIpc) is 3.09. The molecule has 0 unspecified atom stereocenters. The Hall–Kier alpha value is -0.860. The number of hydrogen-bond acceptors (Lipinski definition) is 2. The smallest absolute Gasteiger partial charge is 0.0302 e. The molecule has 2 aromatic heterocycles. The molecule has 0 N–H and O–H groups in total. The monoisotopic (exact) mass is 304 g/mol. The minimum Gasteiger partial charge on any atom is -0.144 e. The van der Waals surface area contributed by atoms with Crippen molar-refractivity contribution < 1.29 is 0 Å². The summed E-state index contributed by atoms with van der Waals surface area (Å²) in [6.45, 7) is 4.51. The Kier molecular flexibility index (Phi) is 6.55. The van der Waals surface area contributed by atoms with Crippen LogP contribution in [0.25, 0.3) is 12.2 Å². The highest BCUT2D eigenvalue weighted by atomic mass is 32.1. The predicted octanol–water partition coefficient (Wildman–Crippen LogP) is 6.67. The van der Waals surface area contributed by atoms with Gasteiger partial charge in [0.1, 0.15) is 0 Å². The summed E-state index contributed by atoms with van der Waals surface area (Å²) in [7, 11) is 0. The SMILES string of the molecule is CCCCc1ccsc1/C=C/c1sccc1CCCC. The second-order valence-corrected chi connectivity index (χ2v) is 7.06. The maximum absolute atomic E-state index is 2.32. The molecule has 0 saturated carbocycles. The molecule has 0 aliphatic carbocycles. The summed E-state index contributed by atoms with van der Waals surface area (Å²) in [5, 5.41) is 4.44. The van der Waals surface area contributed by atoms with Crippen molar-refractivity contribution in [2.75, 3.05) is 0 Å². The lowest BCUT2D eigenvalue weighted by atomic mass is 10.1. The van der Waals surface area contributed by atoms with Crippen LogP contribution >= 0.6 is 22.7 Å². The fourth-order valence-electron chi connectivity index (χ4n) is 2.29. The molecular formula is C18H24S2. The van der Waals surface area contributed by atoms with Crippen LogP contribution in [0.5, 0.6) is 0 Å². The van der Waals surface area contributed by atoms with Crippen LogP contribution < -0.4 is 0 Å². The lowest BCUT2D eigenvalue weighted by Crippen LogP contribution is -1.84. The van der Waals surface area contributed by atoms with Crippen LogP contribution in [0.15, 0.2) is 22.9 Å². The normalized spacial score (nSPS) is 11.5. The molecule has 0 spiro atoms. The Labute approximate surface area is 131 Å². The molecular weight excluding hydrogens is 280 g/mol. The topological polar surface area (TPSA) is 0 Å². The molecule has 20 heavy (non-hydrogen) atoms. The van der Waals surface area contributed by atoms with E-state index in [1.807, 2.05) is 22.7 Å². The van der Waals surface area contributed by atoms with Crippen LogP contribution in [0.1, 0.15) is 60.4 Å². The van der Waals surface area contributed by atoms with Gasteiger partial charge in [-0.1, -0.05) is 26.7 Å². The maximum atomic E-state index is 2.32. The van der Waals surface area contributed by atoms with Crippen LogP contribution in [-0.2, 0) is 12.8 Å². The van der Waals surface area contributed by atoms with Crippen molar-refractivity contribution in [3.63, 3.8) is 0 Å². The highest BCUT2D eigenvalue weighted by Gasteiger charge is 2.03. The summed E-state index contributed by atoms with van der Waals surface area (Å²) in [5.41, 5.74) is 3.03. The molecule has 0 amide bonds. The fraction of sp³-hybridized carbons (Fsp3) is 0.444. The zero-order valence-electron chi connectivity index (χ0n) is 12.5. The molecule has 2 heterocycles. The second kappa shape index (κ2) is 8.43. The van der Waals surface area contributed by atoms with E-state index in [1.165, 1.54) is 59.4 Å². The van der Waals surface area contributed by atoms with E-state index in [4.69, 9.17) is 0 Å². The van der Waals surface area contributed by atoms with Gasteiger partial charge in [-0.25, -0.2) is 0 Å². The molecule has 0 aromatic carbocycles. The Morgan fingerprint density at radius 3 is 1.65 bits per heavy atom. The van der Waals surface area contributed by atoms with Crippen molar-refractivity contribution >= 4 is 34.8 Å². The Morgan fingerprint density at radius 2 is 1.25 bits per heavy atom. The Morgan fingerprint density at radius 1 is 0.800 bits per heavy atom. The van der Waals surface area contributed by atoms with E-state index in [9.17, 15) is 0 Å². The first-order valence-electron chi connectivity index (χ1n) is 7.66. The molecule has 0 aliphatic rings. The first kappa shape index (κ1) is 15.5. The van der Waals surface area contributed by atoms with E-state index in [1.54, 1.807) is 0 Å². The molecule has 2 heteroatoms. The van der Waals surface area contributed by atoms with Crippen molar-refractivity contribution in [3.05, 3.63) is 43.8 Å². The third kappa shape index (κ3) is 4.32. The number of aryl methyl sites for hydroxylation is 2. The number of rotatable bonds is 8. The zero-order chi connectivity index (χ0) is 14.2. The van der Waals surface area contributed by atoms with Gasteiger partial charge in [0.05, 0.1) is 0 Å². The number of unbranched alkanes of at least 4 members (excludes halogenated alkanes) is 2. The minimum absolute atomic E-state index is 1.22. The van der Waals surface area contributed by atoms with E-state index >= 15 is 0 Å². The number of hydrogen-bond donors (Lipinski definition) is 0. The Bertz CT molecular complexity index is 483. The molecule has 2 aromatic rings.